The van der Waals surface area contributed by atoms with E-state index in [1.807, 2.05) is 6.92 Å². The highest BCUT2D eigenvalue weighted by atomic mass is 16.6. The Bertz CT molecular complexity index is 809. The Kier molecular flexibility index (Phi) is 3.86. The molecule has 2 unspecified atom stereocenters. The molecule has 6 aliphatic rings. The third-order valence-electron chi connectivity index (χ3n) is 9.10. The van der Waals surface area contributed by atoms with Crippen LogP contribution in [-0.2, 0) is 19.1 Å². The Labute approximate surface area is 170 Å². The fraction of sp³-hybridized carbons (Fsp3) is 0.818. The van der Waals surface area contributed by atoms with Crippen LogP contribution in [0.5, 0.6) is 0 Å². The number of aliphatic hydroxyl groups is 3. The third kappa shape index (κ3) is 2.03. The second kappa shape index (κ2) is 5.69. The van der Waals surface area contributed by atoms with Gasteiger partial charge in [0.1, 0.15) is 6.10 Å². The van der Waals surface area contributed by atoms with Gasteiger partial charge in [0, 0.05) is 29.6 Å². The minimum atomic E-state index is -2.07. The van der Waals surface area contributed by atoms with Crippen LogP contribution in [0.3, 0.4) is 0 Å². The number of carbonyl (C=O) groups is 2. The van der Waals surface area contributed by atoms with Crippen LogP contribution in [0.25, 0.3) is 0 Å². The van der Waals surface area contributed by atoms with Gasteiger partial charge in [0.2, 0.25) is 5.79 Å². The summed E-state index contributed by atoms with van der Waals surface area (Å²) in [6.07, 6.45) is 0.925. The van der Waals surface area contributed by atoms with E-state index in [0.29, 0.717) is 24.8 Å². The smallest absolute Gasteiger partial charge is 0.302 e. The molecule has 0 aromatic carbocycles. The van der Waals surface area contributed by atoms with Crippen molar-refractivity contribution in [1.82, 2.24) is 0 Å². The molecule has 2 spiro atoms. The van der Waals surface area contributed by atoms with E-state index in [9.17, 15) is 24.9 Å². The average molecular weight is 406 g/mol. The van der Waals surface area contributed by atoms with Crippen molar-refractivity contribution in [3.63, 3.8) is 0 Å². The van der Waals surface area contributed by atoms with Crippen molar-refractivity contribution in [1.29, 1.82) is 0 Å². The van der Waals surface area contributed by atoms with Gasteiger partial charge < -0.3 is 24.8 Å². The topological polar surface area (TPSA) is 113 Å². The van der Waals surface area contributed by atoms with Gasteiger partial charge in [0.05, 0.1) is 24.7 Å². The molecule has 4 bridgehead atoms. The highest BCUT2D eigenvalue weighted by molar-refractivity contribution is 6.04. The third-order valence-corrected chi connectivity index (χ3v) is 9.10. The number of ether oxygens (including phenoxy) is 2. The number of carbonyl (C=O) groups excluding carboxylic acids is 2. The molecular weight excluding hydrogens is 376 g/mol. The van der Waals surface area contributed by atoms with Gasteiger partial charge in [-0.25, -0.2) is 0 Å². The zero-order chi connectivity index (χ0) is 21.0. The second-order valence-electron chi connectivity index (χ2n) is 10.4. The van der Waals surface area contributed by atoms with Crippen LogP contribution in [0, 0.1) is 34.0 Å². The van der Waals surface area contributed by atoms with Crippen molar-refractivity contribution in [2.24, 2.45) is 34.0 Å². The molecule has 0 aromatic rings. The summed E-state index contributed by atoms with van der Waals surface area (Å²) in [5, 5.41) is 34.5. The molecule has 4 saturated carbocycles. The summed E-state index contributed by atoms with van der Waals surface area (Å²) in [5.74, 6) is -3.90. The number of rotatable bonds is 2. The SMILES string of the molecule is C=C1C(=O)[C@]23C[C@H]1CC(O)C2[C@]12CCC[C@@](C)(COC(C)=O)[C@H]1[C@H](O)[C@@]3(O)OC2. The first-order valence-electron chi connectivity index (χ1n) is 10.6. The molecule has 7 nitrogen and oxygen atoms in total. The van der Waals surface area contributed by atoms with Crippen LogP contribution in [0.4, 0.5) is 0 Å². The van der Waals surface area contributed by atoms with Gasteiger partial charge in [-0.05, 0) is 37.2 Å². The van der Waals surface area contributed by atoms with E-state index in [-0.39, 0.29) is 24.9 Å². The van der Waals surface area contributed by atoms with Crippen molar-refractivity contribution in [2.45, 2.75) is 63.9 Å². The first kappa shape index (κ1) is 19.7. The van der Waals surface area contributed by atoms with Crippen molar-refractivity contribution in [2.75, 3.05) is 13.2 Å². The van der Waals surface area contributed by atoms with Gasteiger partial charge in [-0.3, -0.25) is 9.59 Å². The molecular formula is C22H30O7. The molecule has 6 fully saturated rings. The quantitative estimate of drug-likeness (QED) is 0.462. The van der Waals surface area contributed by atoms with Gasteiger partial charge in [-0.2, -0.15) is 0 Å². The van der Waals surface area contributed by atoms with Gasteiger partial charge in [-0.1, -0.05) is 19.9 Å². The van der Waals surface area contributed by atoms with E-state index >= 15 is 0 Å². The van der Waals surface area contributed by atoms with Crippen molar-refractivity contribution < 1.29 is 34.4 Å². The molecule has 7 heteroatoms. The van der Waals surface area contributed by atoms with Gasteiger partial charge in [-0.15, -0.1) is 0 Å². The molecule has 0 aromatic heterocycles. The average Bonchev–Trinajstić information content (AvgIpc) is 2.85. The zero-order valence-electron chi connectivity index (χ0n) is 17.0. The molecule has 4 aliphatic carbocycles. The predicted molar refractivity (Wildman–Crippen MR) is 100 cm³/mol. The Hall–Kier alpha value is -1.28. The van der Waals surface area contributed by atoms with Crippen molar-refractivity contribution >= 4 is 11.8 Å². The van der Waals surface area contributed by atoms with Crippen LogP contribution < -0.4 is 0 Å². The lowest BCUT2D eigenvalue weighted by molar-refractivity contribution is -0.446. The van der Waals surface area contributed by atoms with E-state index in [2.05, 4.69) is 6.58 Å². The summed E-state index contributed by atoms with van der Waals surface area (Å²) in [6.45, 7) is 7.57. The molecule has 2 heterocycles. The van der Waals surface area contributed by atoms with E-state index in [1.165, 1.54) is 6.92 Å². The lowest BCUT2D eigenvalue weighted by Gasteiger charge is -2.74. The van der Waals surface area contributed by atoms with Crippen LogP contribution in [0.1, 0.15) is 46.0 Å². The summed E-state index contributed by atoms with van der Waals surface area (Å²) in [5.41, 5.74) is -2.19. The highest BCUT2D eigenvalue weighted by Gasteiger charge is 2.84. The number of fused-ring (bicyclic) bond motifs is 2. The molecule has 6 rings (SSSR count). The summed E-state index contributed by atoms with van der Waals surface area (Å²) in [6, 6.07) is 0. The van der Waals surface area contributed by atoms with Crippen LogP contribution >= 0.6 is 0 Å². The molecule has 0 radical (unpaired) electrons. The standard InChI is InChI=1S/C22H30O7/c1-11-13-7-14(24)15-20-6-4-5-19(3,9-28-12(2)23)16(20)18(26)22(27,29-10-20)21(15,8-13)17(11)25/h13-16,18,24,26-27H,1,4-10H2,2-3H3/t13-,14?,15?,16-,18+,19+,20-,21+,22-/m1/s1. The maximum Gasteiger partial charge on any atom is 0.302 e. The number of allylic oxidation sites excluding steroid dienone is 1. The second-order valence-corrected chi connectivity index (χ2v) is 10.4. The molecule has 2 saturated heterocycles. The summed E-state index contributed by atoms with van der Waals surface area (Å²) in [7, 11) is 0. The molecule has 3 N–H and O–H groups in total. The van der Waals surface area contributed by atoms with Crippen LogP contribution in [-0.4, -0.2) is 58.3 Å². The summed E-state index contributed by atoms with van der Waals surface area (Å²) in [4.78, 5) is 24.9. The zero-order valence-corrected chi connectivity index (χ0v) is 17.0. The van der Waals surface area contributed by atoms with E-state index < -0.39 is 52.0 Å². The number of esters is 1. The van der Waals surface area contributed by atoms with Crippen molar-refractivity contribution in [3.05, 3.63) is 12.2 Å². The Morgan fingerprint density at radius 1 is 1.31 bits per heavy atom. The lowest BCUT2D eigenvalue weighted by Crippen LogP contribution is -2.83. The maximum atomic E-state index is 13.4. The van der Waals surface area contributed by atoms with Gasteiger partial charge >= 0.3 is 5.97 Å². The molecule has 29 heavy (non-hydrogen) atoms. The van der Waals surface area contributed by atoms with Gasteiger partial charge in [0.15, 0.2) is 5.78 Å². The maximum absolute atomic E-state index is 13.4. The minimum Gasteiger partial charge on any atom is -0.465 e. The first-order valence-corrected chi connectivity index (χ1v) is 10.6. The number of ketones is 1. The van der Waals surface area contributed by atoms with E-state index in [0.717, 1.165) is 12.8 Å². The molecule has 160 valence electrons. The van der Waals surface area contributed by atoms with Crippen LogP contribution in [0.15, 0.2) is 12.2 Å². The Morgan fingerprint density at radius 3 is 2.72 bits per heavy atom. The predicted octanol–water partition coefficient (Wildman–Crippen LogP) is 0.948. The van der Waals surface area contributed by atoms with Gasteiger partial charge in [0.25, 0.3) is 0 Å². The fourth-order valence-corrected chi connectivity index (χ4v) is 8.23. The Balaban J connectivity index is 1.68. The summed E-state index contributed by atoms with van der Waals surface area (Å²) < 4.78 is 11.3. The molecule has 2 aliphatic heterocycles. The largest absolute Gasteiger partial charge is 0.465 e. The molecule has 0 amide bonds. The fourth-order valence-electron chi connectivity index (χ4n) is 8.23. The number of aliphatic hydroxyl groups excluding tert-OH is 2. The number of hydrogen-bond acceptors (Lipinski definition) is 7. The molecule has 9 atom stereocenters. The minimum absolute atomic E-state index is 0.126. The number of hydrogen-bond donors (Lipinski definition) is 3. The van der Waals surface area contributed by atoms with Crippen LogP contribution in [0.2, 0.25) is 0 Å². The highest BCUT2D eigenvalue weighted by Crippen LogP contribution is 2.76. The van der Waals surface area contributed by atoms with E-state index in [4.69, 9.17) is 9.47 Å². The summed E-state index contributed by atoms with van der Waals surface area (Å²) >= 11 is 0. The number of Topliss-reactive ketones (excluding diaryl/α,β-unsaturated/α-hetero) is 1. The normalized spacial score (nSPS) is 55.4. The van der Waals surface area contributed by atoms with E-state index in [1.54, 1.807) is 0 Å². The monoisotopic (exact) mass is 406 g/mol. The first-order chi connectivity index (χ1) is 13.5. The Morgan fingerprint density at radius 2 is 2.03 bits per heavy atom. The van der Waals surface area contributed by atoms with Crippen molar-refractivity contribution in [3.8, 4) is 0 Å². The lowest BCUT2D eigenvalue weighted by atomic mass is 9.36.